The number of halogens is 2. The molecular weight excluding hydrogens is 381 g/mol. The number of rotatable bonds is 6. The van der Waals surface area contributed by atoms with Crippen LogP contribution in [0.25, 0.3) is 10.8 Å². The van der Waals surface area contributed by atoms with Gasteiger partial charge in [0.25, 0.3) is 0 Å². The number of amides is 1. The Balaban J connectivity index is 1.54. The highest BCUT2D eigenvalue weighted by atomic mass is 35.5. The van der Waals surface area contributed by atoms with Crippen LogP contribution in [-0.4, -0.2) is 29.4 Å². The summed E-state index contributed by atoms with van der Waals surface area (Å²) < 4.78 is 5.48. The fourth-order valence-corrected chi connectivity index (χ4v) is 3.20. The predicted octanol–water partition coefficient (Wildman–Crippen LogP) is 4.78. The van der Waals surface area contributed by atoms with Crippen LogP contribution in [-0.2, 0) is 11.3 Å². The van der Waals surface area contributed by atoms with Gasteiger partial charge >= 0.3 is 0 Å². The Morgan fingerprint density at radius 3 is 2.88 bits per heavy atom. The van der Waals surface area contributed by atoms with Crippen LogP contribution in [0.4, 0.5) is 5.69 Å². The van der Waals surface area contributed by atoms with Crippen LogP contribution in [0.3, 0.4) is 0 Å². The van der Waals surface area contributed by atoms with Crippen molar-refractivity contribution >= 4 is 46.1 Å². The molecule has 0 aliphatic carbocycles. The van der Waals surface area contributed by atoms with Crippen LogP contribution < -0.4 is 5.32 Å². The Morgan fingerprint density at radius 2 is 2.16 bits per heavy atom. The van der Waals surface area contributed by atoms with Gasteiger partial charge in [-0.2, -0.15) is 0 Å². The van der Waals surface area contributed by atoms with E-state index < -0.39 is 0 Å². The summed E-state index contributed by atoms with van der Waals surface area (Å²) in [6, 6.07) is 8.87. The lowest BCUT2D eigenvalue weighted by Gasteiger charge is -2.14. The molecule has 0 fully saturated rings. The van der Waals surface area contributed by atoms with Gasteiger partial charge in [0.2, 0.25) is 11.8 Å². The van der Waals surface area contributed by atoms with E-state index >= 15 is 0 Å². The molecule has 3 aromatic rings. The molecule has 0 radical (unpaired) electrons. The van der Waals surface area contributed by atoms with Crippen molar-refractivity contribution in [2.45, 2.75) is 6.54 Å². The predicted molar refractivity (Wildman–Crippen MR) is 101 cm³/mol. The molecular formula is C17H15Cl2N3O2S. The summed E-state index contributed by atoms with van der Waals surface area (Å²) in [6.45, 7) is 0.713. The van der Waals surface area contributed by atoms with E-state index in [0.717, 1.165) is 10.6 Å². The second-order valence-electron chi connectivity index (χ2n) is 5.47. The smallest absolute Gasteiger partial charge is 0.238 e. The maximum absolute atomic E-state index is 12.1. The van der Waals surface area contributed by atoms with Crippen molar-refractivity contribution in [1.82, 2.24) is 9.88 Å². The molecule has 1 aromatic carbocycles. The van der Waals surface area contributed by atoms with Gasteiger partial charge in [-0.3, -0.25) is 9.69 Å². The maximum Gasteiger partial charge on any atom is 0.238 e. The average molecular weight is 396 g/mol. The Morgan fingerprint density at radius 1 is 1.32 bits per heavy atom. The molecule has 2 heterocycles. The number of oxazole rings is 1. The van der Waals surface area contributed by atoms with Crippen molar-refractivity contribution in [3.63, 3.8) is 0 Å². The van der Waals surface area contributed by atoms with Crippen molar-refractivity contribution < 1.29 is 9.21 Å². The van der Waals surface area contributed by atoms with Gasteiger partial charge in [0.15, 0.2) is 0 Å². The Bertz CT molecular complexity index is 865. The normalized spacial score (nSPS) is 11.0. The molecule has 0 atom stereocenters. The quantitative estimate of drug-likeness (QED) is 0.652. The van der Waals surface area contributed by atoms with Crippen molar-refractivity contribution in [3.05, 3.63) is 57.7 Å². The molecule has 0 aliphatic rings. The number of benzene rings is 1. The van der Waals surface area contributed by atoms with E-state index in [0.29, 0.717) is 28.2 Å². The largest absolute Gasteiger partial charge is 0.444 e. The van der Waals surface area contributed by atoms with Crippen LogP contribution in [0.1, 0.15) is 5.69 Å². The lowest BCUT2D eigenvalue weighted by Crippen LogP contribution is -2.29. The summed E-state index contributed by atoms with van der Waals surface area (Å²) in [7, 11) is 1.84. The molecule has 0 spiro atoms. The number of thiophene rings is 1. The van der Waals surface area contributed by atoms with Gasteiger partial charge < -0.3 is 9.73 Å². The lowest BCUT2D eigenvalue weighted by atomic mass is 10.3. The Labute approximate surface area is 159 Å². The Hall–Kier alpha value is -1.86. The minimum Gasteiger partial charge on any atom is -0.444 e. The molecule has 0 saturated carbocycles. The SMILES string of the molecule is CN(CC(=O)Nc1ccc(Cl)c(Cl)c1)Cc1coc(-c2cccs2)n1. The number of aromatic nitrogens is 1. The van der Waals surface area contributed by atoms with E-state index in [-0.39, 0.29) is 12.5 Å². The van der Waals surface area contributed by atoms with E-state index in [1.165, 1.54) is 0 Å². The van der Waals surface area contributed by atoms with Crippen molar-refractivity contribution in [3.8, 4) is 10.8 Å². The van der Waals surface area contributed by atoms with Gasteiger partial charge in [-0.15, -0.1) is 11.3 Å². The number of carbonyl (C=O) groups excluding carboxylic acids is 1. The summed E-state index contributed by atoms with van der Waals surface area (Å²) in [5.74, 6) is 0.446. The van der Waals surface area contributed by atoms with Gasteiger partial charge in [0, 0.05) is 12.2 Å². The molecule has 2 aromatic heterocycles. The zero-order chi connectivity index (χ0) is 17.8. The first-order valence-corrected chi connectivity index (χ1v) is 9.06. The first-order valence-electron chi connectivity index (χ1n) is 7.43. The van der Waals surface area contributed by atoms with Crippen LogP contribution in [0.15, 0.2) is 46.4 Å². The zero-order valence-corrected chi connectivity index (χ0v) is 15.7. The molecule has 0 unspecified atom stereocenters. The minimum absolute atomic E-state index is 0.150. The van der Waals surface area contributed by atoms with Gasteiger partial charge in [-0.05, 0) is 36.7 Å². The molecule has 0 bridgehead atoms. The zero-order valence-electron chi connectivity index (χ0n) is 13.3. The first kappa shape index (κ1) is 17.9. The van der Waals surface area contributed by atoms with Crippen LogP contribution in [0.2, 0.25) is 10.0 Å². The number of hydrogen-bond acceptors (Lipinski definition) is 5. The number of nitrogens with zero attached hydrogens (tertiary/aromatic N) is 2. The molecule has 130 valence electrons. The highest BCUT2D eigenvalue weighted by Gasteiger charge is 2.12. The highest BCUT2D eigenvalue weighted by Crippen LogP contribution is 2.25. The third-order valence-electron chi connectivity index (χ3n) is 3.33. The molecule has 0 saturated heterocycles. The summed E-state index contributed by atoms with van der Waals surface area (Å²) in [4.78, 5) is 19.4. The van der Waals surface area contributed by atoms with E-state index in [9.17, 15) is 4.79 Å². The summed E-state index contributed by atoms with van der Waals surface area (Å²) in [6.07, 6.45) is 1.61. The van der Waals surface area contributed by atoms with Crippen molar-refractivity contribution in [2.24, 2.45) is 0 Å². The molecule has 8 heteroatoms. The summed E-state index contributed by atoms with van der Waals surface area (Å²) in [5.41, 5.74) is 1.38. The lowest BCUT2D eigenvalue weighted by molar-refractivity contribution is -0.117. The van der Waals surface area contributed by atoms with E-state index in [1.807, 2.05) is 29.5 Å². The topological polar surface area (TPSA) is 58.4 Å². The fourth-order valence-electron chi connectivity index (χ4n) is 2.25. The minimum atomic E-state index is -0.150. The molecule has 25 heavy (non-hydrogen) atoms. The Kier molecular flexibility index (Phi) is 5.75. The molecule has 0 aliphatic heterocycles. The highest BCUT2D eigenvalue weighted by molar-refractivity contribution is 7.13. The standard InChI is InChI=1S/C17H15Cl2N3O2S/c1-22(8-12-10-24-17(21-12)15-3-2-6-25-15)9-16(23)20-11-4-5-13(18)14(19)7-11/h2-7,10H,8-9H2,1H3,(H,20,23). The number of carbonyl (C=O) groups is 1. The maximum atomic E-state index is 12.1. The molecule has 1 amide bonds. The van der Waals surface area contributed by atoms with Crippen LogP contribution >= 0.6 is 34.5 Å². The molecule has 1 N–H and O–H groups in total. The third kappa shape index (κ3) is 4.83. The number of hydrogen-bond donors (Lipinski definition) is 1. The summed E-state index contributed by atoms with van der Waals surface area (Å²) >= 11 is 13.4. The second kappa shape index (κ2) is 8.01. The van der Waals surface area contributed by atoms with Gasteiger partial charge in [-0.1, -0.05) is 29.3 Å². The number of likely N-dealkylation sites (N-methyl/N-ethyl adjacent to an activating group) is 1. The third-order valence-corrected chi connectivity index (χ3v) is 4.93. The van der Waals surface area contributed by atoms with Crippen LogP contribution in [0.5, 0.6) is 0 Å². The van der Waals surface area contributed by atoms with Crippen LogP contribution in [0, 0.1) is 0 Å². The van der Waals surface area contributed by atoms with E-state index in [1.54, 1.807) is 35.8 Å². The average Bonchev–Trinajstić information content (AvgIpc) is 3.21. The first-order chi connectivity index (χ1) is 12.0. The number of anilines is 1. The molecule has 5 nitrogen and oxygen atoms in total. The second-order valence-corrected chi connectivity index (χ2v) is 7.23. The van der Waals surface area contributed by atoms with E-state index in [2.05, 4.69) is 10.3 Å². The molecule has 3 rings (SSSR count). The van der Waals surface area contributed by atoms with Gasteiger partial charge in [0.1, 0.15) is 6.26 Å². The monoisotopic (exact) mass is 395 g/mol. The van der Waals surface area contributed by atoms with Gasteiger partial charge in [0.05, 0.1) is 27.2 Å². The fraction of sp³-hybridized carbons (Fsp3) is 0.176. The number of nitrogens with one attached hydrogen (secondary N) is 1. The van der Waals surface area contributed by atoms with Gasteiger partial charge in [-0.25, -0.2) is 4.98 Å². The van der Waals surface area contributed by atoms with Crippen molar-refractivity contribution in [2.75, 3.05) is 18.9 Å². The van der Waals surface area contributed by atoms with Crippen molar-refractivity contribution in [1.29, 1.82) is 0 Å². The van der Waals surface area contributed by atoms with E-state index in [4.69, 9.17) is 27.6 Å². The summed E-state index contributed by atoms with van der Waals surface area (Å²) in [5, 5.41) is 5.61.